The fourth-order valence-corrected chi connectivity index (χ4v) is 1.05. The lowest BCUT2D eigenvalue weighted by atomic mass is 10.1. The van der Waals surface area contributed by atoms with Crippen LogP contribution in [-0.4, -0.2) is 18.9 Å². The summed E-state index contributed by atoms with van der Waals surface area (Å²) in [6.45, 7) is 0. The summed E-state index contributed by atoms with van der Waals surface area (Å²) in [4.78, 5) is 21.7. The van der Waals surface area contributed by atoms with Gasteiger partial charge in [0.05, 0.1) is 12.7 Å². The van der Waals surface area contributed by atoms with Crippen molar-refractivity contribution >= 4 is 11.8 Å². The first-order chi connectivity index (χ1) is 6.56. The van der Waals surface area contributed by atoms with Crippen LogP contribution in [0, 0.1) is 0 Å². The van der Waals surface area contributed by atoms with Crippen LogP contribution in [0.1, 0.15) is 20.7 Å². The van der Waals surface area contributed by atoms with E-state index in [2.05, 4.69) is 0 Å². The molecule has 1 rings (SSSR count). The van der Waals surface area contributed by atoms with E-state index in [9.17, 15) is 9.59 Å². The second-order valence-electron chi connectivity index (χ2n) is 2.64. The lowest BCUT2D eigenvalue weighted by Crippen LogP contribution is -2.15. The van der Waals surface area contributed by atoms with Crippen molar-refractivity contribution in [1.29, 1.82) is 0 Å². The molecule has 0 bridgehead atoms. The molecule has 0 radical (unpaired) electrons. The predicted molar refractivity (Wildman–Crippen MR) is 50.0 cm³/mol. The van der Waals surface area contributed by atoms with Crippen LogP contribution in [-0.2, 0) is 0 Å². The Kier molecular flexibility index (Phi) is 2.71. The summed E-state index contributed by atoms with van der Waals surface area (Å²) in [5, 5.41) is 0. The van der Waals surface area contributed by atoms with E-state index in [4.69, 9.17) is 16.2 Å². The number of nitrogens with two attached hydrogens (primary N) is 2. The maximum Gasteiger partial charge on any atom is 0.252 e. The number of ether oxygens (including phenoxy) is 1. The van der Waals surface area contributed by atoms with E-state index < -0.39 is 11.8 Å². The summed E-state index contributed by atoms with van der Waals surface area (Å²) in [7, 11) is 1.38. The summed E-state index contributed by atoms with van der Waals surface area (Å²) in [5.74, 6) is -0.953. The fraction of sp³-hybridized carbons (Fsp3) is 0.111. The lowest BCUT2D eigenvalue weighted by Gasteiger charge is -2.06. The van der Waals surface area contributed by atoms with E-state index in [1.54, 1.807) is 0 Å². The number of benzene rings is 1. The molecule has 0 aliphatic rings. The lowest BCUT2D eigenvalue weighted by molar-refractivity contribution is 0.0985. The first-order valence-electron chi connectivity index (χ1n) is 3.84. The smallest absolute Gasteiger partial charge is 0.252 e. The van der Waals surface area contributed by atoms with Crippen molar-refractivity contribution in [1.82, 2.24) is 0 Å². The van der Waals surface area contributed by atoms with Crippen molar-refractivity contribution in [3.63, 3.8) is 0 Å². The van der Waals surface area contributed by atoms with E-state index in [-0.39, 0.29) is 16.9 Å². The summed E-state index contributed by atoms with van der Waals surface area (Å²) >= 11 is 0. The number of rotatable bonds is 3. The van der Waals surface area contributed by atoms with Crippen LogP contribution in [0.3, 0.4) is 0 Å². The molecule has 0 aromatic heterocycles. The Hall–Kier alpha value is -2.04. The standard InChI is InChI=1S/C9H10N2O3/c1-14-7-4-5(8(10)12)2-3-6(7)9(11)13/h2-4H,1H3,(H2,10,12)(H2,11,13). The summed E-state index contributed by atoms with van der Waals surface area (Å²) in [6.07, 6.45) is 0. The van der Waals surface area contributed by atoms with Crippen LogP contribution in [0.15, 0.2) is 18.2 Å². The molecule has 0 fully saturated rings. The maximum absolute atomic E-state index is 10.9. The highest BCUT2D eigenvalue weighted by molar-refractivity contribution is 5.99. The van der Waals surface area contributed by atoms with Gasteiger partial charge in [0.1, 0.15) is 5.75 Å². The van der Waals surface area contributed by atoms with Crippen LogP contribution in [0.5, 0.6) is 5.75 Å². The first kappa shape index (κ1) is 10.0. The summed E-state index contributed by atoms with van der Waals surface area (Å²) < 4.78 is 4.89. The van der Waals surface area contributed by atoms with Gasteiger partial charge in [-0.2, -0.15) is 0 Å². The minimum Gasteiger partial charge on any atom is -0.496 e. The highest BCUT2D eigenvalue weighted by Crippen LogP contribution is 2.19. The molecule has 0 saturated carbocycles. The van der Waals surface area contributed by atoms with E-state index in [0.29, 0.717) is 0 Å². The topological polar surface area (TPSA) is 95.4 Å². The number of carbonyl (C=O) groups excluding carboxylic acids is 2. The monoisotopic (exact) mass is 194 g/mol. The third-order valence-electron chi connectivity index (χ3n) is 1.75. The van der Waals surface area contributed by atoms with Crippen molar-refractivity contribution < 1.29 is 14.3 Å². The summed E-state index contributed by atoms with van der Waals surface area (Å²) in [5.41, 5.74) is 10.6. The Balaban J connectivity index is 3.25. The van der Waals surface area contributed by atoms with Crippen molar-refractivity contribution in [2.45, 2.75) is 0 Å². The third-order valence-corrected chi connectivity index (χ3v) is 1.75. The normalized spacial score (nSPS) is 9.50. The van der Waals surface area contributed by atoms with E-state index in [0.717, 1.165) is 0 Å². The molecule has 4 N–H and O–H groups in total. The van der Waals surface area contributed by atoms with Crippen LogP contribution in [0.2, 0.25) is 0 Å². The van der Waals surface area contributed by atoms with Gasteiger partial charge < -0.3 is 16.2 Å². The highest BCUT2D eigenvalue weighted by atomic mass is 16.5. The largest absolute Gasteiger partial charge is 0.496 e. The van der Waals surface area contributed by atoms with Gasteiger partial charge in [-0.15, -0.1) is 0 Å². The maximum atomic E-state index is 10.9. The van der Waals surface area contributed by atoms with E-state index in [1.807, 2.05) is 0 Å². The molecule has 74 valence electrons. The molecule has 0 atom stereocenters. The molecular formula is C9H10N2O3. The zero-order valence-electron chi connectivity index (χ0n) is 7.61. The van der Waals surface area contributed by atoms with Crippen molar-refractivity contribution in [2.24, 2.45) is 11.5 Å². The molecular weight excluding hydrogens is 184 g/mol. The van der Waals surface area contributed by atoms with Crippen molar-refractivity contribution in [3.05, 3.63) is 29.3 Å². The zero-order chi connectivity index (χ0) is 10.7. The number of carbonyl (C=O) groups is 2. The number of hydrogen-bond donors (Lipinski definition) is 2. The molecule has 0 saturated heterocycles. The van der Waals surface area contributed by atoms with Crippen LogP contribution >= 0.6 is 0 Å². The Morgan fingerprint density at radius 2 is 1.86 bits per heavy atom. The van der Waals surface area contributed by atoms with Gasteiger partial charge in [0.2, 0.25) is 5.91 Å². The molecule has 1 aromatic rings. The summed E-state index contributed by atoms with van der Waals surface area (Å²) in [6, 6.07) is 4.20. The van der Waals surface area contributed by atoms with Gasteiger partial charge in [0.25, 0.3) is 5.91 Å². The Bertz CT molecular complexity index is 388. The Labute approximate surface area is 80.6 Å². The molecule has 0 aliphatic carbocycles. The molecule has 0 unspecified atom stereocenters. The molecule has 2 amide bonds. The predicted octanol–water partition coefficient (Wildman–Crippen LogP) is -0.107. The van der Waals surface area contributed by atoms with Crippen LogP contribution < -0.4 is 16.2 Å². The number of hydrogen-bond acceptors (Lipinski definition) is 3. The van der Waals surface area contributed by atoms with E-state index >= 15 is 0 Å². The van der Waals surface area contributed by atoms with Crippen molar-refractivity contribution in [3.8, 4) is 5.75 Å². The first-order valence-corrected chi connectivity index (χ1v) is 3.84. The van der Waals surface area contributed by atoms with Gasteiger partial charge in [0.15, 0.2) is 0 Å². The average molecular weight is 194 g/mol. The molecule has 5 nitrogen and oxygen atoms in total. The van der Waals surface area contributed by atoms with Crippen LogP contribution in [0.4, 0.5) is 0 Å². The van der Waals surface area contributed by atoms with Gasteiger partial charge >= 0.3 is 0 Å². The Morgan fingerprint density at radius 3 is 2.29 bits per heavy atom. The second kappa shape index (κ2) is 3.78. The van der Waals surface area contributed by atoms with Gasteiger partial charge in [-0.25, -0.2) is 0 Å². The molecule has 0 aliphatic heterocycles. The number of amides is 2. The molecule has 5 heteroatoms. The zero-order valence-corrected chi connectivity index (χ0v) is 7.61. The molecule has 0 spiro atoms. The third kappa shape index (κ3) is 1.82. The van der Waals surface area contributed by atoms with Gasteiger partial charge in [-0.3, -0.25) is 9.59 Å². The molecule has 0 heterocycles. The number of methoxy groups -OCH3 is 1. The fourth-order valence-electron chi connectivity index (χ4n) is 1.05. The van der Waals surface area contributed by atoms with Crippen molar-refractivity contribution in [2.75, 3.05) is 7.11 Å². The minimum atomic E-state index is -0.613. The SMILES string of the molecule is COc1cc(C(N)=O)ccc1C(N)=O. The Morgan fingerprint density at radius 1 is 1.21 bits per heavy atom. The second-order valence-corrected chi connectivity index (χ2v) is 2.64. The highest BCUT2D eigenvalue weighted by Gasteiger charge is 2.11. The molecule has 14 heavy (non-hydrogen) atoms. The van der Waals surface area contributed by atoms with Gasteiger partial charge in [-0.05, 0) is 18.2 Å². The van der Waals surface area contributed by atoms with Gasteiger partial charge in [0, 0.05) is 5.56 Å². The van der Waals surface area contributed by atoms with Crippen LogP contribution in [0.25, 0.3) is 0 Å². The quantitative estimate of drug-likeness (QED) is 0.702. The van der Waals surface area contributed by atoms with Gasteiger partial charge in [-0.1, -0.05) is 0 Å². The number of primary amides is 2. The van der Waals surface area contributed by atoms with E-state index in [1.165, 1.54) is 25.3 Å². The minimum absolute atomic E-state index is 0.220. The average Bonchev–Trinajstić information content (AvgIpc) is 2.16. The molecule has 1 aromatic carbocycles.